The summed E-state index contributed by atoms with van der Waals surface area (Å²) in [7, 11) is 0. The molecule has 23 heavy (non-hydrogen) atoms. The molecule has 3 nitrogen and oxygen atoms in total. The molecule has 0 bridgehead atoms. The summed E-state index contributed by atoms with van der Waals surface area (Å²) >= 11 is 2.88. The van der Waals surface area contributed by atoms with Crippen LogP contribution in [0.2, 0.25) is 0 Å². The van der Waals surface area contributed by atoms with Crippen LogP contribution in [0, 0.1) is 18.6 Å². The van der Waals surface area contributed by atoms with E-state index in [0.717, 1.165) is 12.1 Å². The SMILES string of the molecule is Cc1c(Oc2ncc(C(F)(F)F)c(CO)c2Br)ccc(F)c1F. The Hall–Kier alpha value is -1.74. The summed E-state index contributed by atoms with van der Waals surface area (Å²) < 4.78 is 70.1. The number of hydrogen-bond donors (Lipinski definition) is 1. The van der Waals surface area contributed by atoms with Crippen molar-refractivity contribution >= 4 is 15.9 Å². The highest BCUT2D eigenvalue weighted by Crippen LogP contribution is 2.39. The van der Waals surface area contributed by atoms with E-state index in [1.165, 1.54) is 6.92 Å². The van der Waals surface area contributed by atoms with Gasteiger partial charge in [-0.05, 0) is 35.0 Å². The summed E-state index contributed by atoms with van der Waals surface area (Å²) in [5.74, 6) is -2.63. The van der Waals surface area contributed by atoms with Crippen molar-refractivity contribution in [1.82, 2.24) is 4.98 Å². The first-order valence-electron chi connectivity index (χ1n) is 6.14. The molecule has 1 N–H and O–H groups in total. The van der Waals surface area contributed by atoms with E-state index >= 15 is 0 Å². The number of halogens is 6. The standard InChI is InChI=1S/C14H9BrF5NO2/c1-6-10(3-2-9(16)12(6)17)23-13-11(15)7(5-22)8(4-21-13)14(18,19)20/h2-4,22H,5H2,1H3. The number of aromatic nitrogens is 1. The average Bonchev–Trinajstić information content (AvgIpc) is 2.48. The van der Waals surface area contributed by atoms with Gasteiger partial charge in [-0.25, -0.2) is 13.8 Å². The number of aliphatic hydroxyl groups excluding tert-OH is 1. The van der Waals surface area contributed by atoms with Crippen LogP contribution in [-0.4, -0.2) is 10.1 Å². The molecular weight excluding hydrogens is 389 g/mol. The van der Waals surface area contributed by atoms with Gasteiger partial charge in [0, 0.05) is 17.3 Å². The lowest BCUT2D eigenvalue weighted by molar-refractivity contribution is -0.139. The first kappa shape index (κ1) is 17.6. The van der Waals surface area contributed by atoms with Gasteiger partial charge in [-0.1, -0.05) is 0 Å². The van der Waals surface area contributed by atoms with E-state index in [1.807, 2.05) is 0 Å². The van der Waals surface area contributed by atoms with Gasteiger partial charge in [0.1, 0.15) is 5.75 Å². The lowest BCUT2D eigenvalue weighted by Crippen LogP contribution is -2.11. The van der Waals surface area contributed by atoms with Crippen molar-refractivity contribution in [1.29, 1.82) is 0 Å². The van der Waals surface area contributed by atoms with Crippen molar-refractivity contribution in [2.45, 2.75) is 19.7 Å². The van der Waals surface area contributed by atoms with Crippen LogP contribution in [0.4, 0.5) is 22.0 Å². The maximum atomic E-state index is 13.5. The van der Waals surface area contributed by atoms with Crippen molar-refractivity contribution in [3.8, 4) is 11.6 Å². The predicted molar refractivity (Wildman–Crippen MR) is 74.0 cm³/mol. The zero-order chi connectivity index (χ0) is 17.4. The first-order valence-corrected chi connectivity index (χ1v) is 6.94. The number of benzene rings is 1. The number of ether oxygens (including phenoxy) is 1. The van der Waals surface area contributed by atoms with E-state index in [2.05, 4.69) is 20.9 Å². The van der Waals surface area contributed by atoms with E-state index in [1.54, 1.807) is 0 Å². The Morgan fingerprint density at radius 2 is 1.91 bits per heavy atom. The van der Waals surface area contributed by atoms with E-state index in [0.29, 0.717) is 6.20 Å². The number of pyridine rings is 1. The molecule has 2 aromatic rings. The lowest BCUT2D eigenvalue weighted by atomic mass is 10.1. The number of nitrogens with zero attached hydrogens (tertiary/aromatic N) is 1. The van der Waals surface area contributed by atoms with E-state index in [-0.39, 0.29) is 21.7 Å². The molecule has 1 aromatic heterocycles. The predicted octanol–water partition coefficient (Wildman–Crippen LogP) is 4.73. The Morgan fingerprint density at radius 3 is 2.48 bits per heavy atom. The summed E-state index contributed by atoms with van der Waals surface area (Å²) in [6, 6.07) is 1.95. The molecule has 1 heterocycles. The summed E-state index contributed by atoms with van der Waals surface area (Å²) in [4.78, 5) is 3.53. The highest BCUT2D eigenvalue weighted by atomic mass is 79.9. The normalized spacial score (nSPS) is 11.7. The fraction of sp³-hybridized carbons (Fsp3) is 0.214. The average molecular weight is 398 g/mol. The molecule has 0 aliphatic rings. The van der Waals surface area contributed by atoms with Gasteiger partial charge in [0.2, 0.25) is 5.88 Å². The molecule has 0 aliphatic carbocycles. The zero-order valence-corrected chi connectivity index (χ0v) is 13.1. The van der Waals surface area contributed by atoms with Crippen LogP contribution in [-0.2, 0) is 12.8 Å². The van der Waals surface area contributed by atoms with Gasteiger partial charge in [0.25, 0.3) is 0 Å². The molecule has 0 atom stereocenters. The lowest BCUT2D eigenvalue weighted by Gasteiger charge is -2.16. The van der Waals surface area contributed by atoms with E-state index in [4.69, 9.17) is 9.84 Å². The van der Waals surface area contributed by atoms with Gasteiger partial charge >= 0.3 is 6.18 Å². The molecule has 0 saturated carbocycles. The van der Waals surface area contributed by atoms with Crippen molar-refractivity contribution < 1.29 is 31.8 Å². The monoisotopic (exact) mass is 397 g/mol. The second-order valence-corrected chi connectivity index (χ2v) is 5.30. The van der Waals surface area contributed by atoms with E-state index in [9.17, 15) is 22.0 Å². The number of aliphatic hydroxyl groups is 1. The molecule has 0 unspecified atom stereocenters. The van der Waals surface area contributed by atoms with Gasteiger partial charge in [-0.2, -0.15) is 13.2 Å². The highest BCUT2D eigenvalue weighted by molar-refractivity contribution is 9.10. The van der Waals surface area contributed by atoms with Gasteiger partial charge in [0.05, 0.1) is 16.6 Å². The molecule has 0 amide bonds. The molecule has 9 heteroatoms. The Kier molecular flexibility index (Phi) is 4.90. The molecule has 0 saturated heterocycles. The second-order valence-electron chi connectivity index (χ2n) is 4.51. The summed E-state index contributed by atoms with van der Waals surface area (Å²) in [5, 5.41) is 9.17. The molecule has 0 fully saturated rings. The second kappa shape index (κ2) is 6.40. The van der Waals surface area contributed by atoms with Crippen LogP contribution in [0.25, 0.3) is 0 Å². The molecule has 124 valence electrons. The molecular formula is C14H9BrF5NO2. The Morgan fingerprint density at radius 1 is 1.26 bits per heavy atom. The molecule has 0 aliphatic heterocycles. The van der Waals surface area contributed by atoms with Crippen LogP contribution in [0.3, 0.4) is 0 Å². The quantitative estimate of drug-likeness (QED) is 0.761. The maximum Gasteiger partial charge on any atom is 0.418 e. The smallest absolute Gasteiger partial charge is 0.418 e. The van der Waals surface area contributed by atoms with E-state index < -0.39 is 35.5 Å². The highest BCUT2D eigenvalue weighted by Gasteiger charge is 2.35. The first-order chi connectivity index (χ1) is 10.7. The van der Waals surface area contributed by atoms with Gasteiger partial charge in [-0.15, -0.1) is 0 Å². The van der Waals surface area contributed by atoms with Crippen molar-refractivity contribution in [3.63, 3.8) is 0 Å². The minimum atomic E-state index is -4.70. The molecule has 2 rings (SSSR count). The summed E-state index contributed by atoms with van der Waals surface area (Å²) in [5.41, 5.74) is -1.76. The maximum absolute atomic E-state index is 13.5. The van der Waals surface area contributed by atoms with Gasteiger partial charge in [0.15, 0.2) is 11.6 Å². The molecule has 0 spiro atoms. The van der Waals surface area contributed by atoms with Crippen LogP contribution in [0.5, 0.6) is 11.6 Å². The van der Waals surface area contributed by atoms with Gasteiger partial charge in [-0.3, -0.25) is 0 Å². The Balaban J connectivity index is 2.48. The van der Waals surface area contributed by atoms with Crippen LogP contribution in [0.1, 0.15) is 16.7 Å². The third-order valence-electron chi connectivity index (χ3n) is 3.05. The topological polar surface area (TPSA) is 42.4 Å². The Bertz CT molecular complexity index is 749. The number of rotatable bonds is 3. The minimum absolute atomic E-state index is 0.110. The number of hydrogen-bond acceptors (Lipinski definition) is 3. The van der Waals surface area contributed by atoms with Crippen LogP contribution < -0.4 is 4.74 Å². The molecule has 0 radical (unpaired) electrons. The largest absolute Gasteiger partial charge is 0.437 e. The van der Waals surface area contributed by atoms with Crippen molar-refractivity contribution in [3.05, 3.63) is 51.1 Å². The molecule has 1 aromatic carbocycles. The zero-order valence-electron chi connectivity index (χ0n) is 11.5. The van der Waals surface area contributed by atoms with Gasteiger partial charge < -0.3 is 9.84 Å². The fourth-order valence-corrected chi connectivity index (χ4v) is 2.35. The van der Waals surface area contributed by atoms with Crippen LogP contribution >= 0.6 is 15.9 Å². The third kappa shape index (κ3) is 3.45. The minimum Gasteiger partial charge on any atom is -0.437 e. The third-order valence-corrected chi connectivity index (χ3v) is 3.87. The summed E-state index contributed by atoms with van der Waals surface area (Å²) in [6.45, 7) is 0.337. The summed E-state index contributed by atoms with van der Waals surface area (Å²) in [6.07, 6.45) is -4.20. The fourth-order valence-electron chi connectivity index (χ4n) is 1.82. The van der Waals surface area contributed by atoms with Crippen molar-refractivity contribution in [2.24, 2.45) is 0 Å². The van der Waals surface area contributed by atoms with Crippen LogP contribution in [0.15, 0.2) is 22.8 Å². The number of alkyl halides is 3. The van der Waals surface area contributed by atoms with Crippen molar-refractivity contribution in [2.75, 3.05) is 0 Å². The Labute approximate surface area is 135 Å².